The van der Waals surface area contributed by atoms with Gasteiger partial charge in [0.2, 0.25) is 0 Å². The number of benzene rings is 6. The minimum Gasteiger partial charge on any atom is -0.311 e. The van der Waals surface area contributed by atoms with Gasteiger partial charge in [0.15, 0.2) is 0 Å². The molecule has 0 fully saturated rings. The quantitative estimate of drug-likeness (QED) is 0.162. The van der Waals surface area contributed by atoms with Crippen LogP contribution in [0.2, 0.25) is 0 Å². The maximum Gasteiger partial charge on any atom is 0.0462 e. The summed E-state index contributed by atoms with van der Waals surface area (Å²) in [6.07, 6.45) is 0. The van der Waals surface area contributed by atoms with E-state index in [4.69, 9.17) is 0 Å². The molecule has 46 heavy (non-hydrogen) atoms. The average Bonchev–Trinajstić information content (AvgIpc) is 3.09. The fourth-order valence-electron chi connectivity index (χ4n) is 4.56. The van der Waals surface area contributed by atoms with Gasteiger partial charge in [-0.3, -0.25) is 0 Å². The third-order valence-electron chi connectivity index (χ3n) is 6.96. The second-order valence-electron chi connectivity index (χ2n) is 10.2. The van der Waals surface area contributed by atoms with E-state index in [0.29, 0.717) is 0 Å². The minimum absolute atomic E-state index is 0.948. The number of nitrogens with zero attached hydrogens (tertiary/aromatic N) is 1. The van der Waals surface area contributed by atoms with Crippen LogP contribution in [0, 0.1) is 35.5 Å². The molecule has 4 heteroatoms. The molecule has 0 spiro atoms. The molecule has 0 bridgehead atoms. The van der Waals surface area contributed by atoms with Gasteiger partial charge in [-0.25, -0.2) is 0 Å². The molecule has 6 rings (SSSR count). The zero-order valence-corrected chi connectivity index (χ0v) is 29.2. The lowest BCUT2D eigenvalue weighted by molar-refractivity contribution is 1.28. The normalized spacial score (nSPS) is 9.98. The molecule has 0 saturated heterocycles. The van der Waals surface area contributed by atoms with Crippen molar-refractivity contribution >= 4 is 64.9 Å². The largest absolute Gasteiger partial charge is 0.311 e. The summed E-state index contributed by atoms with van der Waals surface area (Å²) in [5.41, 5.74) is 8.84. The first kappa shape index (κ1) is 31.2. The van der Waals surface area contributed by atoms with Crippen molar-refractivity contribution in [2.75, 3.05) is 4.90 Å². The van der Waals surface area contributed by atoms with Gasteiger partial charge in [-0.15, -0.1) is 0 Å². The van der Waals surface area contributed by atoms with Crippen LogP contribution in [0.25, 0.3) is 0 Å². The maximum atomic E-state index is 3.48. The molecular weight excluding hydrogens is 758 g/mol. The molecule has 6 aromatic carbocycles. The van der Waals surface area contributed by atoms with E-state index >= 15 is 0 Å². The van der Waals surface area contributed by atoms with E-state index < -0.39 is 0 Å². The Kier molecular flexibility index (Phi) is 10.2. The average molecular weight is 782 g/mol. The van der Waals surface area contributed by atoms with Crippen molar-refractivity contribution in [3.8, 4) is 35.5 Å². The number of halogens is 3. The monoisotopic (exact) mass is 779 g/mol. The Balaban J connectivity index is 1.29. The van der Waals surface area contributed by atoms with Crippen LogP contribution in [0.1, 0.15) is 33.4 Å². The highest BCUT2D eigenvalue weighted by atomic mass is 79.9. The van der Waals surface area contributed by atoms with Crippen LogP contribution in [0.3, 0.4) is 0 Å². The van der Waals surface area contributed by atoms with E-state index in [1.807, 2.05) is 72.8 Å². The van der Waals surface area contributed by atoms with Crippen molar-refractivity contribution in [1.82, 2.24) is 0 Å². The third kappa shape index (κ3) is 8.48. The Morgan fingerprint density at radius 1 is 0.261 bits per heavy atom. The van der Waals surface area contributed by atoms with Crippen molar-refractivity contribution in [3.63, 3.8) is 0 Å². The maximum absolute atomic E-state index is 3.48. The van der Waals surface area contributed by atoms with Gasteiger partial charge in [-0.1, -0.05) is 83.3 Å². The van der Waals surface area contributed by atoms with E-state index in [1.165, 1.54) is 0 Å². The molecule has 0 saturated carbocycles. The fraction of sp³-hybridized carbons (Fsp3) is 0. The summed E-state index contributed by atoms with van der Waals surface area (Å²) >= 11 is 10.4. The van der Waals surface area contributed by atoms with Gasteiger partial charge in [-0.05, 0) is 146 Å². The molecule has 0 N–H and O–H groups in total. The van der Waals surface area contributed by atoms with Gasteiger partial charge in [0.25, 0.3) is 0 Å². The number of rotatable bonds is 3. The lowest BCUT2D eigenvalue weighted by Gasteiger charge is -2.25. The van der Waals surface area contributed by atoms with E-state index in [1.54, 1.807) is 0 Å². The van der Waals surface area contributed by atoms with Gasteiger partial charge in [-0.2, -0.15) is 0 Å². The standard InChI is InChI=1S/C42H24Br3N/c43-37-19-7-31(8-20-37)1-4-34-13-25-40(26-14-34)46(41-27-15-35(16-28-41)5-2-32-9-21-38(44)22-10-32)42-29-17-36(18-30-42)6-3-33-11-23-39(45)24-12-33/h7-30H. The molecule has 1 nitrogen and oxygen atoms in total. The molecule has 0 aliphatic carbocycles. The van der Waals surface area contributed by atoms with E-state index in [-0.39, 0.29) is 0 Å². The van der Waals surface area contributed by atoms with Crippen LogP contribution >= 0.6 is 47.8 Å². The van der Waals surface area contributed by atoms with Crippen molar-refractivity contribution < 1.29 is 0 Å². The van der Waals surface area contributed by atoms with Crippen molar-refractivity contribution in [2.24, 2.45) is 0 Å². The topological polar surface area (TPSA) is 3.24 Å². The molecule has 6 aromatic rings. The van der Waals surface area contributed by atoms with Gasteiger partial charge < -0.3 is 4.90 Å². The molecule has 0 aromatic heterocycles. The van der Waals surface area contributed by atoms with Crippen molar-refractivity contribution in [3.05, 3.63) is 192 Å². The number of hydrogen-bond donors (Lipinski definition) is 0. The predicted molar refractivity (Wildman–Crippen MR) is 201 cm³/mol. The summed E-state index contributed by atoms with van der Waals surface area (Å²) in [5, 5.41) is 0. The van der Waals surface area contributed by atoms with Gasteiger partial charge in [0, 0.05) is 63.9 Å². The van der Waals surface area contributed by atoms with Crippen LogP contribution in [0.5, 0.6) is 0 Å². The Hall–Kier alpha value is -4.76. The Bertz CT molecular complexity index is 1880. The van der Waals surface area contributed by atoms with Gasteiger partial charge >= 0.3 is 0 Å². The van der Waals surface area contributed by atoms with Crippen molar-refractivity contribution in [2.45, 2.75) is 0 Å². The summed E-state index contributed by atoms with van der Waals surface area (Å²) in [6, 6.07) is 49.0. The van der Waals surface area contributed by atoms with E-state index in [0.717, 1.165) is 63.9 Å². The van der Waals surface area contributed by atoms with Crippen LogP contribution in [-0.2, 0) is 0 Å². The summed E-state index contributed by atoms with van der Waals surface area (Å²) in [6.45, 7) is 0. The number of anilines is 3. The fourth-order valence-corrected chi connectivity index (χ4v) is 5.35. The molecule has 0 radical (unpaired) electrons. The van der Waals surface area contributed by atoms with E-state index in [9.17, 15) is 0 Å². The summed E-state index contributed by atoms with van der Waals surface area (Å²) < 4.78 is 3.12. The Morgan fingerprint density at radius 2 is 0.435 bits per heavy atom. The molecule has 0 aliphatic rings. The van der Waals surface area contributed by atoms with Gasteiger partial charge in [0.05, 0.1) is 0 Å². The first-order valence-corrected chi connectivity index (χ1v) is 16.8. The zero-order chi connectivity index (χ0) is 31.7. The van der Waals surface area contributed by atoms with Gasteiger partial charge in [0.1, 0.15) is 0 Å². The highest BCUT2D eigenvalue weighted by molar-refractivity contribution is 9.11. The lowest BCUT2D eigenvalue weighted by atomic mass is 10.1. The van der Waals surface area contributed by atoms with Crippen LogP contribution in [0.4, 0.5) is 17.1 Å². The molecule has 0 aliphatic heterocycles. The van der Waals surface area contributed by atoms with Crippen LogP contribution < -0.4 is 4.90 Å². The molecule has 0 amide bonds. The second-order valence-corrected chi connectivity index (χ2v) is 13.0. The Labute approximate surface area is 295 Å². The predicted octanol–water partition coefficient (Wildman–Crippen LogP) is 11.6. The first-order chi connectivity index (χ1) is 22.5. The van der Waals surface area contributed by atoms with Crippen LogP contribution in [0.15, 0.2) is 159 Å². The summed E-state index contributed by atoms with van der Waals surface area (Å²) in [4.78, 5) is 2.23. The summed E-state index contributed by atoms with van der Waals surface area (Å²) in [5.74, 6) is 19.6. The Morgan fingerprint density at radius 3 is 0.630 bits per heavy atom. The highest BCUT2D eigenvalue weighted by Gasteiger charge is 2.12. The zero-order valence-electron chi connectivity index (χ0n) is 24.4. The molecular formula is C42H24Br3N. The second kappa shape index (κ2) is 15.0. The minimum atomic E-state index is 0.948. The number of hydrogen-bond acceptors (Lipinski definition) is 1. The smallest absolute Gasteiger partial charge is 0.0462 e. The molecule has 0 unspecified atom stereocenters. The van der Waals surface area contributed by atoms with E-state index in [2.05, 4.69) is 161 Å². The first-order valence-electron chi connectivity index (χ1n) is 14.4. The van der Waals surface area contributed by atoms with Crippen LogP contribution in [-0.4, -0.2) is 0 Å². The van der Waals surface area contributed by atoms with Crippen molar-refractivity contribution in [1.29, 1.82) is 0 Å². The molecule has 0 atom stereocenters. The lowest BCUT2D eigenvalue weighted by Crippen LogP contribution is -2.09. The summed E-state index contributed by atoms with van der Waals surface area (Å²) in [7, 11) is 0. The third-order valence-corrected chi connectivity index (χ3v) is 8.55. The SMILES string of the molecule is Brc1ccc(C#Cc2ccc(N(c3ccc(C#Cc4ccc(Br)cc4)cc3)c3ccc(C#Cc4ccc(Br)cc4)cc3)cc2)cc1. The molecule has 0 heterocycles. The molecule has 218 valence electrons. The highest BCUT2D eigenvalue weighted by Crippen LogP contribution is 2.34.